The van der Waals surface area contributed by atoms with Crippen molar-refractivity contribution >= 4 is 23.3 Å². The minimum atomic E-state index is -0.224. The summed E-state index contributed by atoms with van der Waals surface area (Å²) >= 11 is 5.98. The predicted octanol–water partition coefficient (Wildman–Crippen LogP) is 3.07. The van der Waals surface area contributed by atoms with Gasteiger partial charge in [-0.25, -0.2) is 4.98 Å². The number of pyridine rings is 3. The van der Waals surface area contributed by atoms with E-state index >= 15 is 0 Å². The largest absolute Gasteiger partial charge is 0.365 e. The van der Waals surface area contributed by atoms with Crippen molar-refractivity contribution in [3.05, 3.63) is 83.0 Å². The summed E-state index contributed by atoms with van der Waals surface area (Å²) in [5.41, 5.74) is 2.43. The summed E-state index contributed by atoms with van der Waals surface area (Å²) in [6, 6.07) is 10.7. The van der Waals surface area contributed by atoms with E-state index in [1.165, 1.54) is 0 Å². The highest BCUT2D eigenvalue weighted by atomic mass is 35.5. The second kappa shape index (κ2) is 8.21. The fraction of sp³-hybridized carbons (Fsp3) is 0.111. The minimum Gasteiger partial charge on any atom is -0.365 e. The maximum Gasteiger partial charge on any atom is 0.255 e. The number of aromatic nitrogens is 3. The van der Waals surface area contributed by atoms with Gasteiger partial charge in [-0.15, -0.1) is 0 Å². The van der Waals surface area contributed by atoms with Gasteiger partial charge in [0, 0.05) is 37.9 Å². The van der Waals surface area contributed by atoms with Crippen molar-refractivity contribution in [1.82, 2.24) is 20.3 Å². The molecular weight excluding hydrogens is 338 g/mol. The number of rotatable bonds is 6. The molecule has 0 spiro atoms. The van der Waals surface area contributed by atoms with Gasteiger partial charge in [0.2, 0.25) is 0 Å². The van der Waals surface area contributed by atoms with Gasteiger partial charge in [-0.3, -0.25) is 14.8 Å². The highest BCUT2D eigenvalue weighted by Gasteiger charge is 2.13. The molecule has 6 nitrogen and oxygen atoms in total. The van der Waals surface area contributed by atoms with Gasteiger partial charge in [-0.05, 0) is 47.5 Å². The maximum atomic E-state index is 12.5. The first-order valence-corrected chi connectivity index (χ1v) is 8.06. The number of nitrogens with one attached hydrogen (secondary N) is 2. The third-order valence-corrected chi connectivity index (χ3v) is 3.73. The topological polar surface area (TPSA) is 79.8 Å². The van der Waals surface area contributed by atoms with E-state index in [9.17, 15) is 4.79 Å². The lowest BCUT2D eigenvalue weighted by atomic mass is 10.2. The van der Waals surface area contributed by atoms with E-state index in [-0.39, 0.29) is 5.91 Å². The molecule has 3 aromatic heterocycles. The number of carbonyl (C=O) groups excluding carboxylic acids is 1. The van der Waals surface area contributed by atoms with Crippen LogP contribution in [0.25, 0.3) is 0 Å². The monoisotopic (exact) mass is 353 g/mol. The number of anilines is 1. The fourth-order valence-electron chi connectivity index (χ4n) is 2.22. The van der Waals surface area contributed by atoms with Crippen molar-refractivity contribution in [2.45, 2.75) is 13.1 Å². The summed E-state index contributed by atoms with van der Waals surface area (Å²) < 4.78 is 0. The summed E-state index contributed by atoms with van der Waals surface area (Å²) in [4.78, 5) is 24.7. The van der Waals surface area contributed by atoms with E-state index in [0.717, 1.165) is 11.1 Å². The van der Waals surface area contributed by atoms with Gasteiger partial charge < -0.3 is 10.6 Å². The molecule has 3 aromatic rings. The molecule has 1 amide bonds. The zero-order valence-electron chi connectivity index (χ0n) is 13.3. The van der Waals surface area contributed by atoms with Gasteiger partial charge >= 0.3 is 0 Å². The second-order valence-electron chi connectivity index (χ2n) is 5.28. The first kappa shape index (κ1) is 16.9. The van der Waals surface area contributed by atoms with E-state index in [1.807, 2.05) is 24.3 Å². The van der Waals surface area contributed by atoms with Gasteiger partial charge in [0.1, 0.15) is 11.0 Å². The van der Waals surface area contributed by atoms with E-state index in [0.29, 0.717) is 29.6 Å². The quantitative estimate of drug-likeness (QED) is 0.666. The predicted molar refractivity (Wildman–Crippen MR) is 96.2 cm³/mol. The maximum absolute atomic E-state index is 12.5. The molecule has 0 bridgehead atoms. The molecule has 0 aromatic carbocycles. The van der Waals surface area contributed by atoms with Crippen LogP contribution in [0.5, 0.6) is 0 Å². The molecular formula is C18H16ClN5O. The average molecular weight is 354 g/mol. The number of amides is 1. The molecule has 25 heavy (non-hydrogen) atoms. The molecule has 3 rings (SSSR count). The lowest BCUT2D eigenvalue weighted by Crippen LogP contribution is -2.24. The van der Waals surface area contributed by atoms with Gasteiger partial charge in [0.15, 0.2) is 0 Å². The van der Waals surface area contributed by atoms with Crippen LogP contribution in [-0.4, -0.2) is 20.9 Å². The molecule has 0 atom stereocenters. The highest BCUT2D eigenvalue weighted by Crippen LogP contribution is 2.17. The summed E-state index contributed by atoms with van der Waals surface area (Å²) in [7, 11) is 0. The van der Waals surface area contributed by atoms with Gasteiger partial charge in [-0.2, -0.15) is 0 Å². The molecule has 0 aliphatic heterocycles. The SMILES string of the molecule is O=C(NCc1ccncc1)c1ccc(Cl)nc1NCc1ccncc1. The smallest absolute Gasteiger partial charge is 0.255 e. The Bertz CT molecular complexity index is 843. The standard InChI is InChI=1S/C18H16ClN5O/c19-16-2-1-15(18(25)23-12-14-5-9-21-10-6-14)17(24-16)22-11-13-3-7-20-8-4-13/h1-10H,11-12H2,(H,22,24)(H,23,25). The van der Waals surface area contributed by atoms with E-state index in [4.69, 9.17) is 11.6 Å². The Hall–Kier alpha value is -2.99. The molecule has 7 heteroatoms. The van der Waals surface area contributed by atoms with Crippen molar-refractivity contribution < 1.29 is 4.79 Å². The van der Waals surface area contributed by atoms with Crippen molar-refractivity contribution in [3.8, 4) is 0 Å². The number of hydrogen-bond acceptors (Lipinski definition) is 5. The van der Waals surface area contributed by atoms with Crippen molar-refractivity contribution in [2.75, 3.05) is 5.32 Å². The first-order valence-electron chi connectivity index (χ1n) is 7.69. The van der Waals surface area contributed by atoms with Crippen molar-refractivity contribution in [2.24, 2.45) is 0 Å². The molecule has 0 aliphatic carbocycles. The minimum absolute atomic E-state index is 0.224. The molecule has 126 valence electrons. The van der Waals surface area contributed by atoms with Crippen LogP contribution in [0.3, 0.4) is 0 Å². The molecule has 0 saturated carbocycles. The summed E-state index contributed by atoms with van der Waals surface area (Å²) in [5.74, 6) is 0.217. The third-order valence-electron chi connectivity index (χ3n) is 3.52. The van der Waals surface area contributed by atoms with Crippen LogP contribution in [0.4, 0.5) is 5.82 Å². The Morgan fingerprint density at radius 1 is 0.880 bits per heavy atom. The molecule has 0 fully saturated rings. The van der Waals surface area contributed by atoms with Crippen LogP contribution in [0.15, 0.2) is 61.2 Å². The van der Waals surface area contributed by atoms with Crippen LogP contribution < -0.4 is 10.6 Å². The van der Waals surface area contributed by atoms with Crippen molar-refractivity contribution in [1.29, 1.82) is 0 Å². The Balaban J connectivity index is 1.70. The van der Waals surface area contributed by atoms with Crippen LogP contribution in [-0.2, 0) is 13.1 Å². The Morgan fingerprint density at radius 3 is 2.12 bits per heavy atom. The Morgan fingerprint density at radius 2 is 1.48 bits per heavy atom. The van der Waals surface area contributed by atoms with Crippen molar-refractivity contribution in [3.63, 3.8) is 0 Å². The number of hydrogen-bond donors (Lipinski definition) is 2. The summed E-state index contributed by atoms with van der Waals surface area (Å²) in [5, 5.41) is 6.35. The van der Waals surface area contributed by atoms with Crippen LogP contribution in [0, 0.1) is 0 Å². The zero-order valence-corrected chi connectivity index (χ0v) is 14.1. The third kappa shape index (κ3) is 4.74. The molecule has 0 unspecified atom stereocenters. The van der Waals surface area contributed by atoms with Gasteiger partial charge in [-0.1, -0.05) is 11.6 Å². The molecule has 2 N–H and O–H groups in total. The Labute approximate surface area is 150 Å². The number of nitrogens with zero attached hydrogens (tertiary/aromatic N) is 3. The second-order valence-corrected chi connectivity index (χ2v) is 5.66. The van der Waals surface area contributed by atoms with Gasteiger partial charge in [0.05, 0.1) is 5.56 Å². The normalized spacial score (nSPS) is 10.3. The van der Waals surface area contributed by atoms with E-state index < -0.39 is 0 Å². The molecule has 0 aliphatic rings. The molecule has 0 saturated heterocycles. The summed E-state index contributed by atoms with van der Waals surface area (Å²) in [6.45, 7) is 0.925. The highest BCUT2D eigenvalue weighted by molar-refractivity contribution is 6.29. The lowest BCUT2D eigenvalue weighted by Gasteiger charge is -2.12. The van der Waals surface area contributed by atoms with E-state index in [1.54, 1.807) is 36.9 Å². The van der Waals surface area contributed by atoms with Crippen LogP contribution in [0.1, 0.15) is 21.5 Å². The van der Waals surface area contributed by atoms with Crippen LogP contribution in [0.2, 0.25) is 5.15 Å². The molecule has 3 heterocycles. The van der Waals surface area contributed by atoms with Gasteiger partial charge in [0.25, 0.3) is 5.91 Å². The Kier molecular flexibility index (Phi) is 5.53. The zero-order chi connectivity index (χ0) is 17.5. The average Bonchev–Trinajstić information content (AvgIpc) is 2.66. The number of carbonyl (C=O) groups is 1. The first-order chi connectivity index (χ1) is 12.2. The number of halogens is 1. The lowest BCUT2D eigenvalue weighted by molar-refractivity contribution is 0.0951. The summed E-state index contributed by atoms with van der Waals surface area (Å²) in [6.07, 6.45) is 6.80. The van der Waals surface area contributed by atoms with Crippen LogP contribution >= 0.6 is 11.6 Å². The van der Waals surface area contributed by atoms with E-state index in [2.05, 4.69) is 25.6 Å². The fourth-order valence-corrected chi connectivity index (χ4v) is 2.37. The molecule has 0 radical (unpaired) electrons.